The molecule has 8 aromatic heterocycles. The number of hydrogen-bond acceptors (Lipinski definition) is 17. The highest BCUT2D eigenvalue weighted by atomic mass is 32.2. The first kappa shape index (κ1) is 40.2. The molecule has 0 unspecified atom stereocenters. The Bertz CT molecular complexity index is 3290. The van der Waals surface area contributed by atoms with Crippen molar-refractivity contribution in [2.45, 2.75) is 0 Å². The summed E-state index contributed by atoms with van der Waals surface area (Å²) in [6.07, 6.45) is 7.83. The van der Waals surface area contributed by atoms with Crippen molar-refractivity contribution in [1.29, 1.82) is 0 Å². The molecule has 61 heavy (non-hydrogen) atoms. The largest absolute Gasteiger partial charge is 0.296 e. The molecule has 0 radical (unpaired) electrons. The van der Waals surface area contributed by atoms with Crippen molar-refractivity contribution in [3.63, 3.8) is 0 Å². The fourth-order valence-electron chi connectivity index (χ4n) is 6.58. The molecule has 11 rings (SSSR count). The van der Waals surface area contributed by atoms with Gasteiger partial charge in [0.15, 0.2) is 4.32 Å². The van der Waals surface area contributed by atoms with Crippen LogP contribution in [0.4, 0.5) is 0 Å². The highest BCUT2D eigenvalue weighted by Gasteiger charge is 2.32. The quantitative estimate of drug-likeness (QED) is 0.112. The number of benzene rings is 1. The molecule has 2 amide bonds. The number of rotatable bonds is 9. The van der Waals surface area contributed by atoms with Crippen LogP contribution >= 0.6 is 139 Å². The Kier molecular flexibility index (Phi) is 10.7. The summed E-state index contributed by atoms with van der Waals surface area (Å²) in [5.41, 5.74) is 2.85. The number of nitrogens with zero attached hydrogens (tertiary/aromatic N) is 4. The maximum atomic E-state index is 12.6. The summed E-state index contributed by atoms with van der Waals surface area (Å²) in [5, 5.41) is 5.89. The molecule has 2 aliphatic heterocycles. The average Bonchev–Trinajstić information content (AvgIpc) is 4.10. The van der Waals surface area contributed by atoms with Gasteiger partial charge in [0.1, 0.15) is 14.3 Å². The van der Waals surface area contributed by atoms with E-state index in [1.165, 1.54) is 87.7 Å². The summed E-state index contributed by atoms with van der Waals surface area (Å²) in [5.74, 6) is -0.165. The topological polar surface area (TPSA) is 78.4 Å². The fraction of sp³-hybridized carbons (Fsp3) is 0.0476. The third-order valence-corrected chi connectivity index (χ3v) is 21.9. The van der Waals surface area contributed by atoms with E-state index in [9.17, 15) is 9.59 Å². The number of thioether (sulfide) groups is 2. The normalized spacial score (nSPS) is 16.1. The Morgan fingerprint density at radius 1 is 0.525 bits per heavy atom. The number of carbonyl (C=O) groups is 2. The molecule has 2 saturated heterocycles. The summed E-state index contributed by atoms with van der Waals surface area (Å²) in [6, 6.07) is 26.2. The van der Waals surface area contributed by atoms with Crippen LogP contribution in [0.5, 0.6) is 0 Å². The average molecular weight is 1010 g/mol. The van der Waals surface area contributed by atoms with Gasteiger partial charge in [-0.25, -0.2) is 20.4 Å². The monoisotopic (exact) mass is 1010 g/mol. The van der Waals surface area contributed by atoms with Gasteiger partial charge in [-0.2, -0.15) is 0 Å². The van der Waals surface area contributed by atoms with Gasteiger partial charge in [0.2, 0.25) is 0 Å². The van der Waals surface area contributed by atoms with Crippen LogP contribution in [0.2, 0.25) is 0 Å². The zero-order valence-electron chi connectivity index (χ0n) is 31.2. The van der Waals surface area contributed by atoms with E-state index in [0.717, 1.165) is 34.4 Å². The van der Waals surface area contributed by atoms with E-state index in [-0.39, 0.29) is 11.8 Å². The first-order valence-electron chi connectivity index (χ1n) is 18.1. The second kappa shape index (κ2) is 16.2. The Morgan fingerprint density at radius 3 is 1.43 bits per heavy atom. The Labute approximate surface area is 399 Å². The van der Waals surface area contributed by atoms with E-state index in [1.54, 1.807) is 105 Å². The molecule has 1 aromatic carbocycles. The van der Waals surface area contributed by atoms with Crippen LogP contribution in [0, 0.1) is 0 Å². The van der Waals surface area contributed by atoms with Crippen LogP contribution in [0.3, 0.4) is 0 Å². The molecule has 2 fully saturated rings. The molecule has 7 nitrogen and oxygen atoms in total. The molecular weight excluding hydrogens is 991 g/mol. The fourth-order valence-corrected chi connectivity index (χ4v) is 17.5. The van der Waals surface area contributed by atoms with Gasteiger partial charge in [0.25, 0.3) is 11.8 Å². The molecule has 10 heterocycles. The van der Waals surface area contributed by atoms with Crippen LogP contribution in [-0.4, -0.2) is 54.4 Å². The van der Waals surface area contributed by atoms with E-state index in [0.29, 0.717) is 18.5 Å². The van der Waals surface area contributed by atoms with E-state index in [2.05, 4.69) is 78.2 Å². The summed E-state index contributed by atoms with van der Waals surface area (Å²) in [4.78, 5) is 51.4. The van der Waals surface area contributed by atoms with E-state index < -0.39 is 0 Å². The lowest BCUT2D eigenvalue weighted by molar-refractivity contribution is -0.124. The van der Waals surface area contributed by atoms with Crippen LogP contribution in [0.15, 0.2) is 95.0 Å². The number of thiazole rings is 2. The maximum absolute atomic E-state index is 12.6. The molecule has 0 spiro atoms. The summed E-state index contributed by atoms with van der Waals surface area (Å²) < 4.78 is 3.59. The Morgan fingerprint density at radius 2 is 0.967 bits per heavy atom. The smallest absolute Gasteiger partial charge is 0.280 e. The minimum Gasteiger partial charge on any atom is -0.296 e. The van der Waals surface area contributed by atoms with Gasteiger partial charge >= 0.3 is 0 Å². The third kappa shape index (κ3) is 7.60. The van der Waals surface area contributed by atoms with Crippen molar-refractivity contribution in [1.82, 2.24) is 25.3 Å². The van der Waals surface area contributed by atoms with Crippen LogP contribution in [0.1, 0.15) is 9.75 Å². The lowest BCUT2D eigenvalue weighted by Gasteiger charge is -2.10. The molecule has 9 aromatic rings. The molecule has 0 atom stereocenters. The molecular formula is C42H23N5O2S12. The first-order chi connectivity index (χ1) is 29.6. The minimum absolute atomic E-state index is 0.0445. The van der Waals surface area contributed by atoms with Crippen molar-refractivity contribution in [2.24, 2.45) is 0 Å². The van der Waals surface area contributed by atoms with Gasteiger partial charge in [-0.05, 0) is 95.7 Å². The number of likely N-dealkylation sites (N-methyl/N-ethyl adjacent to an activating group) is 1. The van der Waals surface area contributed by atoms with Crippen molar-refractivity contribution in [2.75, 3.05) is 14.1 Å². The number of hydrazine groups is 1. The number of nitrogens with one attached hydrogen (secondary N) is 1. The van der Waals surface area contributed by atoms with Gasteiger partial charge in [0.05, 0.1) is 29.3 Å². The SMILES string of the molecule is CNN1C(=O)/C(=C/c2ccc(-c3ccc(-c4cnc(-c5cc6cc7sc(-c8ncc(-c9ccc(-c%10ccc(/C=C%11\SC(=S)N(C)C%11=O)s%10)s9)s8)cc7cc6s5)s4)s3)s2)SC1=S. The predicted octanol–water partition coefficient (Wildman–Crippen LogP) is 14.4. The molecule has 19 heteroatoms. The van der Waals surface area contributed by atoms with Gasteiger partial charge in [-0.1, -0.05) is 48.0 Å². The van der Waals surface area contributed by atoms with Crippen LogP contribution < -0.4 is 5.43 Å². The van der Waals surface area contributed by atoms with E-state index in [4.69, 9.17) is 34.4 Å². The third-order valence-electron chi connectivity index (χ3n) is 9.58. The maximum Gasteiger partial charge on any atom is 0.280 e. The molecule has 0 bridgehead atoms. The van der Waals surface area contributed by atoms with Crippen molar-refractivity contribution >= 4 is 191 Å². The number of thiocarbonyl (C=S) groups is 2. The first-order valence-corrected chi connectivity index (χ1v) is 27.1. The number of fused-ring (bicyclic) bond motifs is 2. The van der Waals surface area contributed by atoms with Gasteiger partial charge < -0.3 is 0 Å². The Balaban J connectivity index is 0.776. The Hall–Kier alpha value is -3.54. The number of amides is 2. The molecule has 300 valence electrons. The standard InChI is InChI=1S/C42H23N5O2S12/c1-43-47-40(49)34(61-42(47)51)16-22-4-6-24(53-22)26-8-10-28(55-26)36-18-45-38(59-36)32-14-20-12-29-19(11-30(20)57-32)13-31(56-29)37-44-17-35(58-37)27-9-7-25(54-27)23-5-3-21(52-23)15-33-39(48)46(2)41(50)60-33/h3-18,43H,1-2H3/b33-15-,34-16-. The number of thiophene rings is 6. The highest BCUT2D eigenvalue weighted by molar-refractivity contribution is 8.27. The molecule has 0 aliphatic carbocycles. The van der Waals surface area contributed by atoms with Gasteiger partial charge in [0, 0.05) is 74.9 Å². The lowest BCUT2D eigenvalue weighted by atomic mass is 10.2. The zero-order chi connectivity index (χ0) is 41.5. The summed E-state index contributed by atoms with van der Waals surface area (Å²) in [7, 11) is 3.41. The second-order valence-electron chi connectivity index (χ2n) is 13.4. The van der Waals surface area contributed by atoms with Crippen LogP contribution in [-0.2, 0) is 9.59 Å². The van der Waals surface area contributed by atoms with Crippen molar-refractivity contribution in [3.8, 4) is 58.8 Å². The molecule has 0 saturated carbocycles. The minimum atomic E-state index is -0.120. The molecule has 2 aliphatic rings. The number of carbonyl (C=O) groups excluding carboxylic acids is 2. The van der Waals surface area contributed by atoms with Gasteiger partial charge in [-0.15, -0.1) is 90.7 Å². The zero-order valence-corrected chi connectivity index (χ0v) is 41.0. The van der Waals surface area contributed by atoms with Crippen LogP contribution in [0.25, 0.3) is 91.1 Å². The lowest BCUT2D eigenvalue weighted by Crippen LogP contribution is -2.38. The predicted molar refractivity (Wildman–Crippen MR) is 278 cm³/mol. The summed E-state index contributed by atoms with van der Waals surface area (Å²) in [6.45, 7) is 0. The summed E-state index contributed by atoms with van der Waals surface area (Å²) >= 11 is 27.2. The van der Waals surface area contributed by atoms with Crippen molar-refractivity contribution in [3.05, 3.63) is 105 Å². The second-order valence-corrected chi connectivity index (χ2v) is 25.4. The van der Waals surface area contributed by atoms with Crippen molar-refractivity contribution < 1.29 is 9.59 Å². The highest BCUT2D eigenvalue weighted by Crippen LogP contribution is 2.47. The number of aromatic nitrogens is 2. The van der Waals surface area contributed by atoms with E-state index >= 15 is 0 Å². The molecule has 1 N–H and O–H groups in total. The van der Waals surface area contributed by atoms with E-state index in [1.807, 2.05) is 24.5 Å². The van der Waals surface area contributed by atoms with Gasteiger partial charge in [-0.3, -0.25) is 14.5 Å². The number of hydrogen-bond donors (Lipinski definition) is 1.